The van der Waals surface area contributed by atoms with Crippen LogP contribution in [0.2, 0.25) is 0 Å². The Balaban J connectivity index is 1.39. The van der Waals surface area contributed by atoms with Crippen LogP contribution in [0.5, 0.6) is 5.75 Å². The Morgan fingerprint density at radius 2 is 1.97 bits per heavy atom. The second kappa shape index (κ2) is 8.92. The minimum absolute atomic E-state index is 0.118. The van der Waals surface area contributed by atoms with Crippen LogP contribution in [0, 0.1) is 0 Å². The number of benzene rings is 1. The molecule has 29 heavy (non-hydrogen) atoms. The van der Waals surface area contributed by atoms with Crippen LogP contribution >= 0.6 is 11.3 Å². The van der Waals surface area contributed by atoms with E-state index in [9.17, 15) is 9.59 Å². The highest BCUT2D eigenvalue weighted by atomic mass is 32.1. The quantitative estimate of drug-likeness (QED) is 0.831. The van der Waals surface area contributed by atoms with E-state index in [4.69, 9.17) is 4.74 Å². The summed E-state index contributed by atoms with van der Waals surface area (Å²) >= 11 is 1.42. The maximum atomic E-state index is 12.8. The van der Waals surface area contributed by atoms with Gasteiger partial charge in [-0.1, -0.05) is 25.0 Å². The zero-order valence-corrected chi connectivity index (χ0v) is 17.4. The van der Waals surface area contributed by atoms with Crippen molar-refractivity contribution in [1.82, 2.24) is 9.88 Å². The average molecular weight is 415 g/mol. The van der Waals surface area contributed by atoms with Crippen molar-refractivity contribution < 1.29 is 14.3 Å². The molecule has 1 fully saturated rings. The van der Waals surface area contributed by atoms with Crippen molar-refractivity contribution in [3.63, 3.8) is 0 Å². The van der Waals surface area contributed by atoms with Gasteiger partial charge in [-0.25, -0.2) is 4.98 Å². The van der Waals surface area contributed by atoms with Crippen molar-refractivity contribution in [1.29, 1.82) is 0 Å². The first-order valence-corrected chi connectivity index (χ1v) is 11.0. The second-order valence-electron chi connectivity index (χ2n) is 7.53. The molecule has 0 bridgehead atoms. The van der Waals surface area contributed by atoms with Crippen molar-refractivity contribution in [2.24, 2.45) is 0 Å². The smallest absolute Gasteiger partial charge is 0.269 e. The normalized spacial score (nSPS) is 19.8. The topological polar surface area (TPSA) is 74.8 Å². The molecule has 1 unspecified atom stereocenters. The molecule has 0 spiro atoms. The largest absolute Gasteiger partial charge is 0.476 e. The Labute approximate surface area is 174 Å². The van der Waals surface area contributed by atoms with Gasteiger partial charge < -0.3 is 9.64 Å². The van der Waals surface area contributed by atoms with Crippen LogP contribution in [-0.4, -0.2) is 47.4 Å². The lowest BCUT2D eigenvalue weighted by molar-refractivity contribution is -0.123. The fraction of sp³-hybridized carbons (Fsp3) is 0.476. The van der Waals surface area contributed by atoms with E-state index < -0.39 is 6.10 Å². The summed E-state index contributed by atoms with van der Waals surface area (Å²) in [5.74, 6) is 0.129. The van der Waals surface area contributed by atoms with Crippen LogP contribution in [-0.2, 0) is 16.1 Å². The predicted octanol–water partition coefficient (Wildman–Crippen LogP) is 3.27. The number of hydrogen-bond donors (Lipinski definition) is 1. The maximum Gasteiger partial charge on any atom is 0.269 e. The van der Waals surface area contributed by atoms with Gasteiger partial charge in [0.2, 0.25) is 5.91 Å². The summed E-state index contributed by atoms with van der Waals surface area (Å²) in [6.07, 6.45) is 4.31. The van der Waals surface area contributed by atoms with E-state index in [0.29, 0.717) is 16.6 Å². The van der Waals surface area contributed by atoms with Gasteiger partial charge >= 0.3 is 0 Å². The Morgan fingerprint density at radius 3 is 2.72 bits per heavy atom. The lowest BCUT2D eigenvalue weighted by Gasteiger charge is -2.33. The first kappa shape index (κ1) is 19.8. The number of anilines is 2. The molecule has 2 aromatic rings. The van der Waals surface area contributed by atoms with Crippen LogP contribution in [0.4, 0.5) is 10.8 Å². The molecular weight excluding hydrogens is 388 g/mol. The predicted molar refractivity (Wildman–Crippen MR) is 113 cm³/mol. The zero-order valence-electron chi connectivity index (χ0n) is 16.6. The molecule has 0 radical (unpaired) electrons. The lowest BCUT2D eigenvalue weighted by Crippen LogP contribution is -2.48. The van der Waals surface area contributed by atoms with Gasteiger partial charge in [-0.3, -0.25) is 19.8 Å². The van der Waals surface area contributed by atoms with Crippen molar-refractivity contribution in [3.05, 3.63) is 35.3 Å². The number of rotatable bonds is 4. The molecule has 3 heterocycles. The molecule has 4 rings (SSSR count). The van der Waals surface area contributed by atoms with E-state index >= 15 is 0 Å². The molecule has 0 aliphatic carbocycles. The Kier molecular flexibility index (Phi) is 6.10. The number of amides is 2. The van der Waals surface area contributed by atoms with Crippen molar-refractivity contribution in [3.8, 4) is 5.75 Å². The monoisotopic (exact) mass is 414 g/mol. The number of carbonyl (C=O) groups excluding carboxylic acids is 2. The molecule has 7 nitrogen and oxygen atoms in total. The molecule has 1 N–H and O–H groups in total. The van der Waals surface area contributed by atoms with Crippen molar-refractivity contribution in [2.75, 3.05) is 29.9 Å². The molecule has 1 atom stereocenters. The van der Waals surface area contributed by atoms with E-state index in [0.717, 1.165) is 25.3 Å². The number of nitrogens with zero attached hydrogens (tertiary/aromatic N) is 3. The number of aromatic nitrogens is 1. The SMILES string of the molecule is CC(=O)N1CC(C(=O)Nc2nc(CN3CCCCCC3)cs2)Oc2ccccc21. The van der Waals surface area contributed by atoms with Crippen molar-refractivity contribution in [2.45, 2.75) is 45.3 Å². The highest BCUT2D eigenvalue weighted by Gasteiger charge is 2.32. The molecule has 1 aromatic carbocycles. The number of carbonyl (C=O) groups is 2. The number of likely N-dealkylation sites (tertiary alicyclic amines) is 1. The third-order valence-corrected chi connectivity index (χ3v) is 6.12. The van der Waals surface area contributed by atoms with Gasteiger partial charge in [0.1, 0.15) is 5.75 Å². The van der Waals surface area contributed by atoms with E-state index in [1.807, 2.05) is 23.6 Å². The van der Waals surface area contributed by atoms with Gasteiger partial charge in [0.05, 0.1) is 17.9 Å². The summed E-state index contributed by atoms with van der Waals surface area (Å²) in [5.41, 5.74) is 1.67. The number of ether oxygens (including phenoxy) is 1. The van der Waals surface area contributed by atoms with Gasteiger partial charge in [0.15, 0.2) is 11.2 Å². The van der Waals surface area contributed by atoms with Crippen LogP contribution in [0.1, 0.15) is 38.3 Å². The van der Waals surface area contributed by atoms with E-state index in [2.05, 4.69) is 15.2 Å². The Hall–Kier alpha value is -2.45. The van der Waals surface area contributed by atoms with Crippen LogP contribution in [0.25, 0.3) is 0 Å². The summed E-state index contributed by atoms with van der Waals surface area (Å²) in [7, 11) is 0. The Bertz CT molecular complexity index is 876. The van der Waals surface area contributed by atoms with E-state index in [1.54, 1.807) is 11.0 Å². The highest BCUT2D eigenvalue weighted by molar-refractivity contribution is 7.13. The number of hydrogen-bond acceptors (Lipinski definition) is 6. The summed E-state index contributed by atoms with van der Waals surface area (Å²) in [6, 6.07) is 7.27. The summed E-state index contributed by atoms with van der Waals surface area (Å²) in [5, 5.41) is 5.42. The van der Waals surface area contributed by atoms with E-state index in [-0.39, 0.29) is 18.4 Å². The third-order valence-electron chi connectivity index (χ3n) is 5.31. The first-order chi connectivity index (χ1) is 14.1. The van der Waals surface area contributed by atoms with Crippen LogP contribution < -0.4 is 15.0 Å². The molecule has 1 aromatic heterocycles. The third kappa shape index (κ3) is 4.76. The molecule has 8 heteroatoms. The zero-order chi connectivity index (χ0) is 20.2. The van der Waals surface area contributed by atoms with Crippen LogP contribution in [0.15, 0.2) is 29.6 Å². The lowest BCUT2D eigenvalue weighted by atomic mass is 10.2. The van der Waals surface area contributed by atoms with Gasteiger partial charge in [-0.05, 0) is 38.1 Å². The summed E-state index contributed by atoms with van der Waals surface area (Å²) < 4.78 is 5.85. The summed E-state index contributed by atoms with van der Waals surface area (Å²) in [6.45, 7) is 4.71. The van der Waals surface area contributed by atoms with Crippen molar-refractivity contribution >= 4 is 34.0 Å². The number of fused-ring (bicyclic) bond motifs is 1. The highest BCUT2D eigenvalue weighted by Crippen LogP contribution is 2.33. The average Bonchev–Trinajstić information content (AvgIpc) is 2.99. The van der Waals surface area contributed by atoms with Gasteiger partial charge in [0.25, 0.3) is 5.91 Å². The molecule has 2 amide bonds. The number of thiazole rings is 1. The molecule has 0 saturated carbocycles. The minimum atomic E-state index is -0.772. The molecular formula is C21H26N4O3S. The van der Waals surface area contributed by atoms with E-state index in [1.165, 1.54) is 43.9 Å². The van der Waals surface area contributed by atoms with Crippen LogP contribution in [0.3, 0.4) is 0 Å². The first-order valence-electron chi connectivity index (χ1n) is 10.1. The number of nitrogens with one attached hydrogen (secondary N) is 1. The minimum Gasteiger partial charge on any atom is -0.476 e. The van der Waals surface area contributed by atoms with Gasteiger partial charge in [0, 0.05) is 18.8 Å². The van der Waals surface area contributed by atoms with Gasteiger partial charge in [-0.2, -0.15) is 0 Å². The molecule has 2 aliphatic heterocycles. The van der Waals surface area contributed by atoms with Gasteiger partial charge in [-0.15, -0.1) is 11.3 Å². The fourth-order valence-electron chi connectivity index (χ4n) is 3.82. The fourth-order valence-corrected chi connectivity index (χ4v) is 4.52. The summed E-state index contributed by atoms with van der Waals surface area (Å²) in [4.78, 5) is 33.4. The maximum absolute atomic E-state index is 12.8. The second-order valence-corrected chi connectivity index (χ2v) is 8.39. The molecule has 1 saturated heterocycles. The Morgan fingerprint density at radius 1 is 1.21 bits per heavy atom. The number of para-hydroxylation sites is 2. The standard InChI is InChI=1S/C21H26N4O3S/c1-15(26)25-13-19(28-18-9-5-4-8-17(18)25)20(27)23-21-22-16(14-29-21)12-24-10-6-2-3-7-11-24/h4-5,8-9,14,19H,2-3,6-7,10-13H2,1H3,(H,22,23,27). The molecule has 2 aliphatic rings. The molecule has 154 valence electrons.